The summed E-state index contributed by atoms with van der Waals surface area (Å²) in [4.78, 5) is 2.16. The van der Waals surface area contributed by atoms with Gasteiger partial charge in [-0.1, -0.05) is 42.5 Å². The number of aromatic amines is 1. The van der Waals surface area contributed by atoms with Gasteiger partial charge in [-0.05, 0) is 66.9 Å². The number of hydrogen-bond donors (Lipinski definition) is 3. The number of nitrogens with one attached hydrogen (secondary N) is 2. The van der Waals surface area contributed by atoms with Crippen LogP contribution in [0.4, 0.5) is 5.69 Å². The van der Waals surface area contributed by atoms with E-state index in [2.05, 4.69) is 89.1 Å². The largest absolute Gasteiger partial charge is 0.493 e. The molecule has 3 N–H and O–H groups in total. The first-order valence-corrected chi connectivity index (χ1v) is 12.5. The van der Waals surface area contributed by atoms with Crippen molar-refractivity contribution in [1.82, 2.24) is 15.1 Å². The molecule has 3 atom stereocenters. The number of fused-ring (bicyclic) bond motifs is 3. The second-order valence-corrected chi connectivity index (χ2v) is 10.3. The molecule has 1 spiro atoms. The molecule has 1 unspecified atom stereocenters. The summed E-state index contributed by atoms with van der Waals surface area (Å²) in [5.74, 6) is 1.52. The summed E-state index contributed by atoms with van der Waals surface area (Å²) in [6, 6.07) is 19.0. The third kappa shape index (κ3) is 3.95. The van der Waals surface area contributed by atoms with Crippen molar-refractivity contribution < 1.29 is 14.6 Å². The van der Waals surface area contributed by atoms with Crippen LogP contribution in [0.2, 0.25) is 0 Å². The Balaban J connectivity index is 1.25. The molecule has 1 aliphatic heterocycles. The minimum atomic E-state index is -0.663. The molecule has 0 bridgehead atoms. The summed E-state index contributed by atoms with van der Waals surface area (Å²) < 4.78 is 11.0. The van der Waals surface area contributed by atoms with Gasteiger partial charge in [-0.15, -0.1) is 0 Å². The molecule has 2 aliphatic rings. The van der Waals surface area contributed by atoms with Gasteiger partial charge in [0, 0.05) is 29.1 Å². The molecule has 1 saturated carbocycles. The maximum Gasteiger partial charge on any atom is 0.162 e. The molecule has 1 fully saturated rings. The summed E-state index contributed by atoms with van der Waals surface area (Å²) in [6.45, 7) is 0.930. The molecule has 7 heteroatoms. The molecule has 7 nitrogen and oxygen atoms in total. The Morgan fingerprint density at radius 1 is 1.03 bits per heavy atom. The Labute approximate surface area is 216 Å². The number of aliphatic hydroxyl groups is 1. The van der Waals surface area contributed by atoms with Crippen LogP contribution in [0, 0.1) is 0 Å². The van der Waals surface area contributed by atoms with Gasteiger partial charge in [0.25, 0.3) is 0 Å². The van der Waals surface area contributed by atoms with Crippen molar-refractivity contribution in [1.29, 1.82) is 0 Å². The van der Waals surface area contributed by atoms with Crippen molar-refractivity contribution in [2.75, 3.05) is 33.6 Å². The van der Waals surface area contributed by atoms with E-state index in [1.165, 1.54) is 11.1 Å². The number of nitrogens with zero attached hydrogens (tertiary/aromatic N) is 2. The zero-order valence-corrected chi connectivity index (χ0v) is 21.6. The van der Waals surface area contributed by atoms with E-state index in [0.29, 0.717) is 11.5 Å². The lowest BCUT2D eigenvalue weighted by atomic mass is 9.90. The highest BCUT2D eigenvalue weighted by Crippen LogP contribution is 2.67. The molecule has 4 aromatic rings. The number of hydrogen-bond acceptors (Lipinski definition) is 6. The number of H-pyrrole nitrogens is 1. The maximum atomic E-state index is 11.0. The second kappa shape index (κ2) is 8.94. The smallest absolute Gasteiger partial charge is 0.162 e. The van der Waals surface area contributed by atoms with Crippen molar-refractivity contribution in [2.24, 2.45) is 0 Å². The van der Waals surface area contributed by atoms with Gasteiger partial charge in [0.15, 0.2) is 11.5 Å². The van der Waals surface area contributed by atoms with Crippen LogP contribution < -0.4 is 14.8 Å². The van der Waals surface area contributed by atoms with Gasteiger partial charge in [-0.3, -0.25) is 5.10 Å². The Kier molecular flexibility index (Phi) is 5.70. The van der Waals surface area contributed by atoms with Crippen LogP contribution in [0.25, 0.3) is 23.1 Å². The van der Waals surface area contributed by atoms with Gasteiger partial charge in [0.2, 0.25) is 0 Å². The molecule has 190 valence electrons. The lowest BCUT2D eigenvalue weighted by Gasteiger charge is -2.17. The molecular weight excluding hydrogens is 464 g/mol. The van der Waals surface area contributed by atoms with Crippen molar-refractivity contribution in [3.05, 3.63) is 82.5 Å². The van der Waals surface area contributed by atoms with Crippen molar-refractivity contribution >= 4 is 28.7 Å². The first-order valence-electron chi connectivity index (χ1n) is 12.5. The highest BCUT2D eigenvalue weighted by atomic mass is 16.5. The molecule has 0 radical (unpaired) electrons. The molecule has 37 heavy (non-hydrogen) atoms. The SMILES string of the molecule is COc1cc2c(cc1OC)[C@]1(C[C@H]1c1ccc3c(/C=C/c4ccc(CN(C)C)cc4)n[nH]c3c1)C(O)N2. The fourth-order valence-electron chi connectivity index (χ4n) is 5.78. The summed E-state index contributed by atoms with van der Waals surface area (Å²) in [6.07, 6.45) is 4.35. The molecular formula is C30H32N4O3. The average molecular weight is 497 g/mol. The predicted molar refractivity (Wildman–Crippen MR) is 147 cm³/mol. The number of anilines is 1. The highest BCUT2D eigenvalue weighted by molar-refractivity contribution is 5.90. The first kappa shape index (κ1) is 23.6. The minimum Gasteiger partial charge on any atom is -0.493 e. The predicted octanol–water partition coefficient (Wildman–Crippen LogP) is 4.98. The van der Waals surface area contributed by atoms with Crippen LogP contribution in [0.5, 0.6) is 11.5 Å². The summed E-state index contributed by atoms with van der Waals surface area (Å²) in [7, 11) is 7.41. The maximum absolute atomic E-state index is 11.0. The number of rotatable bonds is 7. The first-order chi connectivity index (χ1) is 17.9. The van der Waals surface area contributed by atoms with Crippen LogP contribution in [-0.4, -0.2) is 54.7 Å². The van der Waals surface area contributed by atoms with E-state index in [9.17, 15) is 5.11 Å². The van der Waals surface area contributed by atoms with E-state index in [1.807, 2.05) is 12.1 Å². The Morgan fingerprint density at radius 2 is 1.78 bits per heavy atom. The van der Waals surface area contributed by atoms with Crippen molar-refractivity contribution in [3.8, 4) is 11.5 Å². The fourth-order valence-corrected chi connectivity index (χ4v) is 5.78. The third-order valence-electron chi connectivity index (χ3n) is 7.74. The van der Waals surface area contributed by atoms with Gasteiger partial charge in [-0.25, -0.2) is 0 Å². The topological polar surface area (TPSA) is 82.6 Å². The van der Waals surface area contributed by atoms with Crippen molar-refractivity contribution in [2.45, 2.75) is 30.5 Å². The van der Waals surface area contributed by atoms with Gasteiger partial charge in [-0.2, -0.15) is 5.10 Å². The Morgan fingerprint density at radius 3 is 2.51 bits per heavy atom. The summed E-state index contributed by atoms with van der Waals surface area (Å²) >= 11 is 0. The molecule has 1 aromatic heterocycles. The highest BCUT2D eigenvalue weighted by Gasteiger charge is 2.64. The molecule has 6 rings (SSSR count). The molecule has 0 amide bonds. The number of aromatic nitrogens is 2. The summed E-state index contributed by atoms with van der Waals surface area (Å²) in [5, 5.41) is 23.1. The second-order valence-electron chi connectivity index (χ2n) is 10.3. The normalized spacial score (nSPS) is 22.1. The molecule has 3 aromatic carbocycles. The quantitative estimate of drug-likeness (QED) is 0.335. The molecule has 1 aliphatic carbocycles. The molecule has 0 saturated heterocycles. The minimum absolute atomic E-state index is 0.196. The fraction of sp³-hybridized carbons (Fsp3) is 0.300. The number of ether oxygens (including phenoxy) is 2. The summed E-state index contributed by atoms with van der Waals surface area (Å²) in [5.41, 5.74) is 7.13. The van der Waals surface area contributed by atoms with Crippen LogP contribution in [0.15, 0.2) is 54.6 Å². The Bertz CT molecular complexity index is 1490. The van der Waals surface area contributed by atoms with Crippen LogP contribution in [0.3, 0.4) is 0 Å². The number of methoxy groups -OCH3 is 2. The van der Waals surface area contributed by atoms with Crippen LogP contribution in [0.1, 0.15) is 40.3 Å². The average Bonchev–Trinajstić information content (AvgIpc) is 3.44. The van der Waals surface area contributed by atoms with Gasteiger partial charge >= 0.3 is 0 Å². The zero-order valence-electron chi connectivity index (χ0n) is 21.6. The van der Waals surface area contributed by atoms with E-state index >= 15 is 0 Å². The third-order valence-corrected chi connectivity index (χ3v) is 7.74. The van der Waals surface area contributed by atoms with Gasteiger partial charge in [0.1, 0.15) is 6.23 Å². The lowest BCUT2D eigenvalue weighted by Crippen LogP contribution is -2.27. The number of aliphatic hydroxyl groups excluding tert-OH is 1. The van der Waals surface area contributed by atoms with Gasteiger partial charge in [0.05, 0.1) is 25.4 Å². The Hall–Kier alpha value is -3.81. The van der Waals surface area contributed by atoms with Crippen molar-refractivity contribution in [3.63, 3.8) is 0 Å². The monoisotopic (exact) mass is 496 g/mol. The van der Waals surface area contributed by atoms with E-state index < -0.39 is 6.23 Å². The van der Waals surface area contributed by atoms with Crippen LogP contribution >= 0.6 is 0 Å². The standard InChI is InChI=1S/C30H32N4O3/c1-34(2)17-19-7-5-18(6-8-19)9-12-24-21-11-10-20(13-25(21)33-32-24)23-16-30(23)22-14-27(36-3)28(37-4)15-26(22)31-29(30)35/h5-15,23,29,31,35H,16-17H2,1-4H3,(H,32,33)/b12-9+/t23-,29?,30-/m0/s1. The number of benzene rings is 3. The van der Waals surface area contributed by atoms with E-state index in [1.54, 1.807) is 14.2 Å². The van der Waals surface area contributed by atoms with Crippen LogP contribution in [-0.2, 0) is 12.0 Å². The molecule has 2 heterocycles. The lowest BCUT2D eigenvalue weighted by molar-refractivity contribution is 0.166. The van der Waals surface area contributed by atoms with E-state index in [-0.39, 0.29) is 11.3 Å². The van der Waals surface area contributed by atoms with Gasteiger partial charge < -0.3 is 24.8 Å². The van der Waals surface area contributed by atoms with E-state index in [4.69, 9.17) is 9.47 Å². The van der Waals surface area contributed by atoms with E-state index in [0.717, 1.165) is 46.4 Å². The zero-order chi connectivity index (χ0) is 25.7.